The van der Waals surface area contributed by atoms with Crippen LogP contribution in [0.2, 0.25) is 0 Å². The summed E-state index contributed by atoms with van der Waals surface area (Å²) >= 11 is 6.95. The number of benzene rings is 2. The minimum Gasteiger partial charge on any atom is -0.508 e. The Balaban J connectivity index is 2.20. The predicted molar refractivity (Wildman–Crippen MR) is 115 cm³/mol. The zero-order chi connectivity index (χ0) is 20.8. The Morgan fingerprint density at radius 1 is 1.21 bits per heavy atom. The molecule has 0 fully saturated rings. The molecule has 2 aromatic carbocycles. The van der Waals surface area contributed by atoms with Crippen molar-refractivity contribution in [2.45, 2.75) is 39.2 Å². The lowest BCUT2D eigenvalue weighted by atomic mass is 10.0. The molecule has 2 aromatic rings. The SMILES string of the molecule is CCC(ON=Cc1cc(Br)c(Oc2ccc(O)c(C(C)C)c2)c(Br)c1)C(=O)O. The number of halogens is 2. The van der Waals surface area contributed by atoms with E-state index in [4.69, 9.17) is 14.7 Å². The third-order valence-corrected chi connectivity index (χ3v) is 5.08. The van der Waals surface area contributed by atoms with Gasteiger partial charge in [0.15, 0.2) is 5.75 Å². The summed E-state index contributed by atoms with van der Waals surface area (Å²) in [5.74, 6) is 0.501. The summed E-state index contributed by atoms with van der Waals surface area (Å²) in [5, 5.41) is 22.7. The van der Waals surface area contributed by atoms with E-state index in [0.717, 1.165) is 5.56 Å². The summed E-state index contributed by atoms with van der Waals surface area (Å²) < 4.78 is 7.32. The highest BCUT2D eigenvalue weighted by atomic mass is 79.9. The van der Waals surface area contributed by atoms with Gasteiger partial charge in [0.25, 0.3) is 0 Å². The fraction of sp³-hybridized carbons (Fsp3) is 0.300. The largest absolute Gasteiger partial charge is 0.508 e. The smallest absolute Gasteiger partial charge is 0.347 e. The molecule has 2 rings (SSSR count). The molecule has 0 saturated carbocycles. The van der Waals surface area contributed by atoms with Crippen LogP contribution in [-0.2, 0) is 9.63 Å². The molecule has 2 N–H and O–H groups in total. The summed E-state index contributed by atoms with van der Waals surface area (Å²) in [6.07, 6.45) is 0.774. The van der Waals surface area contributed by atoms with Gasteiger partial charge in [0.1, 0.15) is 11.5 Å². The third kappa shape index (κ3) is 5.72. The van der Waals surface area contributed by atoms with Gasteiger partial charge >= 0.3 is 5.97 Å². The number of carboxylic acid groups (broad SMARTS) is 1. The number of oxime groups is 1. The van der Waals surface area contributed by atoms with Gasteiger partial charge in [-0.05, 0) is 80.1 Å². The van der Waals surface area contributed by atoms with Crippen LogP contribution >= 0.6 is 31.9 Å². The van der Waals surface area contributed by atoms with E-state index in [0.29, 0.717) is 32.4 Å². The average molecular weight is 515 g/mol. The number of carboxylic acids is 1. The Morgan fingerprint density at radius 3 is 2.39 bits per heavy atom. The van der Waals surface area contributed by atoms with Crippen molar-refractivity contribution >= 4 is 44.0 Å². The van der Waals surface area contributed by atoms with Gasteiger partial charge < -0.3 is 19.8 Å². The van der Waals surface area contributed by atoms with Gasteiger partial charge in [-0.15, -0.1) is 0 Å². The first-order valence-corrected chi connectivity index (χ1v) is 10.2. The lowest BCUT2D eigenvalue weighted by molar-refractivity contribution is -0.150. The Morgan fingerprint density at radius 2 is 1.86 bits per heavy atom. The minimum absolute atomic E-state index is 0.159. The van der Waals surface area contributed by atoms with E-state index in [1.807, 2.05) is 13.8 Å². The van der Waals surface area contributed by atoms with Crippen LogP contribution in [-0.4, -0.2) is 28.5 Å². The molecule has 0 aliphatic carbocycles. The van der Waals surface area contributed by atoms with E-state index in [2.05, 4.69) is 37.0 Å². The van der Waals surface area contributed by atoms with Crippen LogP contribution in [0.15, 0.2) is 44.4 Å². The maximum absolute atomic E-state index is 10.9. The van der Waals surface area contributed by atoms with Gasteiger partial charge in [0.2, 0.25) is 6.10 Å². The molecule has 1 atom stereocenters. The zero-order valence-corrected chi connectivity index (χ0v) is 18.8. The van der Waals surface area contributed by atoms with Gasteiger partial charge in [-0.1, -0.05) is 25.9 Å². The number of carbonyl (C=O) groups is 1. The van der Waals surface area contributed by atoms with Crippen molar-refractivity contribution < 1.29 is 24.6 Å². The Kier molecular flexibility index (Phi) is 7.88. The normalized spacial score (nSPS) is 12.4. The van der Waals surface area contributed by atoms with Crippen molar-refractivity contribution in [2.75, 3.05) is 0 Å². The van der Waals surface area contributed by atoms with Gasteiger partial charge in [-0.2, -0.15) is 0 Å². The summed E-state index contributed by atoms with van der Waals surface area (Å²) in [6.45, 7) is 5.70. The van der Waals surface area contributed by atoms with Crippen LogP contribution in [0.4, 0.5) is 0 Å². The monoisotopic (exact) mass is 513 g/mol. The van der Waals surface area contributed by atoms with E-state index < -0.39 is 12.1 Å². The number of hydrogen-bond donors (Lipinski definition) is 2. The second kappa shape index (κ2) is 9.93. The molecule has 0 aromatic heterocycles. The van der Waals surface area contributed by atoms with Crippen molar-refractivity contribution in [2.24, 2.45) is 5.16 Å². The first-order valence-electron chi connectivity index (χ1n) is 8.64. The quantitative estimate of drug-likeness (QED) is 0.331. The molecule has 0 heterocycles. The molecule has 0 amide bonds. The maximum Gasteiger partial charge on any atom is 0.347 e. The molecule has 6 nitrogen and oxygen atoms in total. The Hall–Kier alpha value is -2.06. The second-order valence-electron chi connectivity index (χ2n) is 6.37. The van der Waals surface area contributed by atoms with Crippen molar-refractivity contribution in [1.29, 1.82) is 0 Å². The van der Waals surface area contributed by atoms with Crippen molar-refractivity contribution in [1.82, 2.24) is 0 Å². The summed E-state index contributed by atoms with van der Waals surface area (Å²) in [7, 11) is 0. The Labute approximate surface area is 180 Å². The standard InChI is InChI=1S/C20H21Br2NO5/c1-4-18(20(25)26)28-23-10-12-7-15(21)19(16(22)8-12)27-13-5-6-17(24)14(9-13)11(2)3/h5-11,18,24H,4H2,1-3H3,(H,25,26). The number of ether oxygens (including phenoxy) is 1. The number of aliphatic carboxylic acids is 1. The highest BCUT2D eigenvalue weighted by Crippen LogP contribution is 2.39. The number of aromatic hydroxyl groups is 1. The first kappa shape index (κ1) is 22.2. The molecule has 0 spiro atoms. The molecule has 0 aliphatic heterocycles. The lowest BCUT2D eigenvalue weighted by Gasteiger charge is -2.14. The Bertz CT molecular complexity index is 860. The summed E-state index contributed by atoms with van der Waals surface area (Å²) in [4.78, 5) is 15.9. The first-order chi connectivity index (χ1) is 13.2. The van der Waals surface area contributed by atoms with Crippen LogP contribution in [0.3, 0.4) is 0 Å². The molecule has 0 saturated heterocycles. The lowest BCUT2D eigenvalue weighted by Crippen LogP contribution is -2.20. The maximum atomic E-state index is 10.9. The van der Waals surface area contributed by atoms with Crippen LogP contribution in [0.1, 0.15) is 44.2 Å². The molecule has 8 heteroatoms. The van der Waals surface area contributed by atoms with Gasteiger partial charge in [-0.25, -0.2) is 4.79 Å². The number of phenols is 1. The summed E-state index contributed by atoms with van der Waals surface area (Å²) in [6, 6.07) is 8.66. The molecule has 0 bridgehead atoms. The van der Waals surface area contributed by atoms with E-state index in [1.165, 1.54) is 6.21 Å². The number of rotatable bonds is 8. The molecular formula is C20H21Br2NO5. The van der Waals surface area contributed by atoms with Crippen LogP contribution < -0.4 is 4.74 Å². The van der Waals surface area contributed by atoms with Crippen LogP contribution in [0, 0.1) is 0 Å². The zero-order valence-electron chi connectivity index (χ0n) is 15.6. The highest BCUT2D eigenvalue weighted by Gasteiger charge is 2.16. The number of nitrogens with zero attached hydrogens (tertiary/aromatic N) is 1. The van der Waals surface area contributed by atoms with Crippen LogP contribution in [0.25, 0.3) is 0 Å². The van der Waals surface area contributed by atoms with Crippen LogP contribution in [0.5, 0.6) is 17.2 Å². The number of hydrogen-bond acceptors (Lipinski definition) is 5. The van der Waals surface area contributed by atoms with Crippen molar-refractivity contribution in [3.05, 3.63) is 50.4 Å². The van der Waals surface area contributed by atoms with Gasteiger partial charge in [-0.3, -0.25) is 0 Å². The van der Waals surface area contributed by atoms with Crippen molar-refractivity contribution in [3.8, 4) is 17.2 Å². The van der Waals surface area contributed by atoms with Gasteiger partial charge in [0.05, 0.1) is 15.2 Å². The topological polar surface area (TPSA) is 88.4 Å². The molecule has 1 unspecified atom stereocenters. The molecule has 0 aliphatic rings. The third-order valence-electron chi connectivity index (χ3n) is 3.90. The molecule has 28 heavy (non-hydrogen) atoms. The molecule has 0 radical (unpaired) electrons. The predicted octanol–water partition coefficient (Wildman–Crippen LogP) is 6.05. The van der Waals surface area contributed by atoms with Crippen molar-refractivity contribution in [3.63, 3.8) is 0 Å². The summed E-state index contributed by atoms with van der Waals surface area (Å²) in [5.41, 5.74) is 1.49. The highest BCUT2D eigenvalue weighted by molar-refractivity contribution is 9.11. The average Bonchev–Trinajstić information content (AvgIpc) is 2.62. The van der Waals surface area contributed by atoms with E-state index in [-0.39, 0.29) is 11.7 Å². The minimum atomic E-state index is -1.06. The molecule has 150 valence electrons. The number of phenolic OH excluding ortho intramolecular Hbond substituents is 1. The van der Waals surface area contributed by atoms with E-state index in [1.54, 1.807) is 37.3 Å². The fourth-order valence-electron chi connectivity index (χ4n) is 2.39. The van der Waals surface area contributed by atoms with Gasteiger partial charge in [0, 0.05) is 5.56 Å². The molecular weight excluding hydrogens is 494 g/mol. The van der Waals surface area contributed by atoms with E-state index >= 15 is 0 Å². The second-order valence-corrected chi connectivity index (χ2v) is 8.07. The fourth-order valence-corrected chi connectivity index (χ4v) is 3.77. The van der Waals surface area contributed by atoms with E-state index in [9.17, 15) is 9.90 Å².